The Bertz CT molecular complexity index is 1090. The largest absolute Gasteiger partial charge is 0.494 e. The standard InChI is InChI=1S/C24H31N5O4/c1-24(2,3)29(33-16-30)22-8-6-7-19(27-22)15-32-10-9-17-11-20(18-13-26-28(4)14-18)23(31-5)21(25)12-17/h6-8,11-14,16H,9-10,15,25H2,1-5H3. The lowest BCUT2D eigenvalue weighted by Gasteiger charge is -2.32. The number of carbonyl (C=O) groups excluding carboxylic acids is 1. The summed E-state index contributed by atoms with van der Waals surface area (Å²) in [5.74, 6) is 1.18. The van der Waals surface area contributed by atoms with Gasteiger partial charge in [-0.15, -0.1) is 0 Å². The molecule has 3 aromatic rings. The summed E-state index contributed by atoms with van der Waals surface area (Å²) in [7, 11) is 3.47. The molecule has 2 N–H and O–H groups in total. The molecule has 1 aromatic carbocycles. The maximum Gasteiger partial charge on any atom is 0.320 e. The average Bonchev–Trinajstić information content (AvgIpc) is 3.20. The van der Waals surface area contributed by atoms with Crippen molar-refractivity contribution in [2.75, 3.05) is 24.5 Å². The number of nitrogen functional groups attached to an aromatic ring is 1. The van der Waals surface area contributed by atoms with Crippen molar-refractivity contribution >= 4 is 18.0 Å². The van der Waals surface area contributed by atoms with Crippen LogP contribution < -0.4 is 15.5 Å². The van der Waals surface area contributed by atoms with E-state index in [1.807, 2.05) is 58.3 Å². The van der Waals surface area contributed by atoms with Crippen molar-refractivity contribution in [2.24, 2.45) is 7.05 Å². The van der Waals surface area contributed by atoms with E-state index in [4.69, 9.17) is 20.0 Å². The minimum Gasteiger partial charge on any atom is -0.494 e. The molecule has 33 heavy (non-hydrogen) atoms. The van der Waals surface area contributed by atoms with Gasteiger partial charge in [-0.2, -0.15) is 10.2 Å². The first-order valence-corrected chi connectivity index (χ1v) is 10.6. The third kappa shape index (κ3) is 6.01. The van der Waals surface area contributed by atoms with Crippen molar-refractivity contribution in [3.63, 3.8) is 0 Å². The van der Waals surface area contributed by atoms with Gasteiger partial charge in [-0.3, -0.25) is 9.48 Å². The van der Waals surface area contributed by atoms with E-state index in [0.717, 1.165) is 22.4 Å². The summed E-state index contributed by atoms with van der Waals surface area (Å²) < 4.78 is 13.1. The number of aryl methyl sites for hydroxylation is 1. The van der Waals surface area contributed by atoms with E-state index in [9.17, 15) is 4.79 Å². The summed E-state index contributed by atoms with van der Waals surface area (Å²) in [4.78, 5) is 20.6. The van der Waals surface area contributed by atoms with Crippen LogP contribution in [0.25, 0.3) is 11.1 Å². The number of methoxy groups -OCH3 is 1. The highest BCUT2D eigenvalue weighted by molar-refractivity contribution is 5.77. The fraction of sp³-hybridized carbons (Fsp3) is 0.375. The SMILES string of the molecule is COc1c(N)cc(CCOCc2cccc(N(OC=O)C(C)(C)C)n2)cc1-c1cnn(C)c1. The molecule has 0 aliphatic rings. The highest BCUT2D eigenvalue weighted by Crippen LogP contribution is 2.36. The van der Waals surface area contributed by atoms with E-state index < -0.39 is 5.54 Å². The number of aromatic nitrogens is 3. The quantitative estimate of drug-likeness (QED) is 0.215. The third-order valence-electron chi connectivity index (χ3n) is 4.94. The van der Waals surface area contributed by atoms with E-state index in [0.29, 0.717) is 43.4 Å². The number of hydroxylamine groups is 1. The number of pyridine rings is 1. The molecule has 2 heterocycles. The highest BCUT2D eigenvalue weighted by atomic mass is 16.7. The van der Waals surface area contributed by atoms with Gasteiger partial charge in [0.15, 0.2) is 5.82 Å². The zero-order valence-corrected chi connectivity index (χ0v) is 19.7. The molecule has 9 nitrogen and oxygen atoms in total. The van der Waals surface area contributed by atoms with Gasteiger partial charge >= 0.3 is 6.47 Å². The molecule has 0 spiro atoms. The van der Waals surface area contributed by atoms with Crippen LogP contribution in [0.1, 0.15) is 32.0 Å². The molecule has 2 aromatic heterocycles. The van der Waals surface area contributed by atoms with E-state index in [1.54, 1.807) is 24.1 Å². The maximum absolute atomic E-state index is 10.9. The molecule has 3 rings (SSSR count). The highest BCUT2D eigenvalue weighted by Gasteiger charge is 2.25. The van der Waals surface area contributed by atoms with Gasteiger partial charge in [0.25, 0.3) is 0 Å². The van der Waals surface area contributed by atoms with E-state index >= 15 is 0 Å². The van der Waals surface area contributed by atoms with Crippen LogP contribution in [0.4, 0.5) is 11.5 Å². The normalized spacial score (nSPS) is 11.3. The van der Waals surface area contributed by atoms with Crippen LogP contribution in [0.5, 0.6) is 5.75 Å². The van der Waals surface area contributed by atoms with Gasteiger partial charge in [-0.1, -0.05) is 6.07 Å². The summed E-state index contributed by atoms with van der Waals surface area (Å²) in [6.07, 6.45) is 4.38. The van der Waals surface area contributed by atoms with Crippen LogP contribution in [0.15, 0.2) is 42.7 Å². The Morgan fingerprint density at radius 3 is 2.67 bits per heavy atom. The number of anilines is 2. The fourth-order valence-electron chi connectivity index (χ4n) is 3.49. The molecule has 0 saturated heterocycles. The van der Waals surface area contributed by atoms with Crippen molar-refractivity contribution in [3.8, 4) is 16.9 Å². The van der Waals surface area contributed by atoms with Crippen LogP contribution in [0.2, 0.25) is 0 Å². The predicted octanol–water partition coefficient (Wildman–Crippen LogP) is 3.53. The lowest BCUT2D eigenvalue weighted by molar-refractivity contribution is -0.132. The van der Waals surface area contributed by atoms with Crippen LogP contribution in [-0.2, 0) is 34.4 Å². The van der Waals surface area contributed by atoms with Crippen molar-refractivity contribution in [2.45, 2.75) is 39.3 Å². The molecule has 0 radical (unpaired) electrons. The van der Waals surface area contributed by atoms with Crippen LogP contribution in [-0.4, -0.2) is 40.5 Å². The maximum atomic E-state index is 10.9. The monoisotopic (exact) mass is 453 g/mol. The van der Waals surface area contributed by atoms with E-state index in [2.05, 4.69) is 10.1 Å². The number of nitrogens with zero attached hydrogens (tertiary/aromatic N) is 4. The van der Waals surface area contributed by atoms with Crippen molar-refractivity contribution in [1.82, 2.24) is 14.8 Å². The van der Waals surface area contributed by atoms with E-state index in [-0.39, 0.29) is 0 Å². The second-order valence-corrected chi connectivity index (χ2v) is 8.63. The third-order valence-corrected chi connectivity index (χ3v) is 4.94. The minimum atomic E-state index is -0.437. The molecule has 0 unspecified atom stereocenters. The van der Waals surface area contributed by atoms with Gasteiger partial charge in [0, 0.05) is 24.4 Å². The number of hydrogen-bond donors (Lipinski definition) is 1. The topological polar surface area (TPSA) is 105 Å². The first kappa shape index (κ1) is 24.1. The second-order valence-electron chi connectivity index (χ2n) is 8.63. The first-order valence-electron chi connectivity index (χ1n) is 10.6. The smallest absolute Gasteiger partial charge is 0.320 e. The van der Waals surface area contributed by atoms with Crippen LogP contribution >= 0.6 is 0 Å². The van der Waals surface area contributed by atoms with E-state index in [1.165, 1.54) is 5.06 Å². The van der Waals surface area contributed by atoms with Crippen molar-refractivity contribution < 1.29 is 19.1 Å². The van der Waals surface area contributed by atoms with Crippen molar-refractivity contribution in [3.05, 3.63) is 54.0 Å². The fourth-order valence-corrected chi connectivity index (χ4v) is 3.49. The number of ether oxygens (including phenoxy) is 2. The lowest BCUT2D eigenvalue weighted by Crippen LogP contribution is -2.41. The number of hydrogen-bond acceptors (Lipinski definition) is 8. The Hall–Kier alpha value is -3.59. The molecule has 0 saturated carbocycles. The molecule has 0 bridgehead atoms. The van der Waals surface area contributed by atoms with Crippen LogP contribution in [0.3, 0.4) is 0 Å². The van der Waals surface area contributed by atoms with Gasteiger partial charge in [0.2, 0.25) is 0 Å². The molecule has 176 valence electrons. The minimum absolute atomic E-state index is 0.327. The Morgan fingerprint density at radius 1 is 1.24 bits per heavy atom. The summed E-state index contributed by atoms with van der Waals surface area (Å²) in [6, 6.07) is 9.47. The Morgan fingerprint density at radius 2 is 2.03 bits per heavy atom. The van der Waals surface area contributed by atoms with Gasteiger partial charge in [-0.05, 0) is 57.0 Å². The summed E-state index contributed by atoms with van der Waals surface area (Å²) in [5.41, 5.74) is 9.97. The Labute approximate surface area is 194 Å². The zero-order valence-electron chi connectivity index (χ0n) is 19.7. The zero-order chi connectivity index (χ0) is 24.0. The summed E-state index contributed by atoms with van der Waals surface area (Å²) in [5, 5.41) is 5.72. The molecule has 9 heteroatoms. The second kappa shape index (κ2) is 10.4. The number of nitrogens with two attached hydrogens (primary N) is 1. The summed E-state index contributed by atoms with van der Waals surface area (Å²) >= 11 is 0. The Kier molecular flexibility index (Phi) is 7.55. The number of carbonyl (C=O) groups is 1. The van der Waals surface area contributed by atoms with Gasteiger partial charge in [0.1, 0.15) is 5.75 Å². The molecule has 0 aliphatic heterocycles. The average molecular weight is 454 g/mol. The van der Waals surface area contributed by atoms with Gasteiger partial charge < -0.3 is 20.0 Å². The van der Waals surface area contributed by atoms with Gasteiger partial charge in [0.05, 0.1) is 43.4 Å². The summed E-state index contributed by atoms with van der Waals surface area (Å²) in [6.45, 7) is 7.01. The van der Waals surface area contributed by atoms with Crippen molar-refractivity contribution in [1.29, 1.82) is 0 Å². The lowest BCUT2D eigenvalue weighted by atomic mass is 10.0. The van der Waals surface area contributed by atoms with Gasteiger partial charge in [-0.25, -0.2) is 4.98 Å². The first-order chi connectivity index (χ1) is 15.7. The number of rotatable bonds is 10. The molecule has 0 amide bonds. The number of benzene rings is 1. The predicted molar refractivity (Wildman–Crippen MR) is 127 cm³/mol. The Balaban J connectivity index is 1.66. The molecule has 0 aliphatic carbocycles. The molecular formula is C24H31N5O4. The molecule has 0 fully saturated rings. The van der Waals surface area contributed by atoms with Crippen LogP contribution in [0, 0.1) is 0 Å². The molecule has 0 atom stereocenters. The molecular weight excluding hydrogens is 422 g/mol.